The normalized spacial score (nSPS) is 29.0. The van der Waals surface area contributed by atoms with Gasteiger partial charge in [0.25, 0.3) is 0 Å². The molecule has 0 spiro atoms. The first-order valence-electron chi connectivity index (χ1n) is 16.2. The number of allylic oxidation sites excluding steroid dienone is 2. The van der Waals surface area contributed by atoms with Crippen LogP contribution in [0.5, 0.6) is 0 Å². The van der Waals surface area contributed by atoms with Gasteiger partial charge in [0, 0.05) is 11.3 Å². The van der Waals surface area contributed by atoms with E-state index in [0.717, 1.165) is 44.2 Å². The van der Waals surface area contributed by atoms with Gasteiger partial charge in [0.2, 0.25) is 0 Å². The van der Waals surface area contributed by atoms with E-state index in [-0.39, 0.29) is 21.3 Å². The first-order valence-corrected chi connectivity index (χ1v) is 22.0. The van der Waals surface area contributed by atoms with Crippen molar-refractivity contribution in [2.45, 2.75) is 154 Å². The summed E-state index contributed by atoms with van der Waals surface area (Å²) in [6.07, 6.45) is 9.95. The van der Waals surface area contributed by atoms with Crippen LogP contribution in [-0.4, -0.2) is 41.1 Å². The van der Waals surface area contributed by atoms with E-state index in [9.17, 15) is 0 Å². The van der Waals surface area contributed by atoms with E-state index in [1.165, 1.54) is 23.1 Å². The molecule has 4 nitrogen and oxygen atoms in total. The molecule has 232 valence electrons. The Kier molecular flexibility index (Phi) is 8.77. The van der Waals surface area contributed by atoms with Crippen LogP contribution in [0.1, 0.15) is 117 Å². The molecule has 0 saturated carbocycles. The Morgan fingerprint density at radius 3 is 1.80 bits per heavy atom. The molecule has 0 aromatic heterocycles. The number of hydrogen-bond acceptors (Lipinski definition) is 4. The Bertz CT molecular complexity index is 1100. The Morgan fingerprint density at radius 2 is 1.37 bits per heavy atom. The summed E-state index contributed by atoms with van der Waals surface area (Å²) in [4.78, 5) is 0. The van der Waals surface area contributed by atoms with Crippen molar-refractivity contribution in [3.8, 4) is 0 Å². The lowest BCUT2D eigenvalue weighted by Crippen LogP contribution is -2.53. The number of anilines is 1. The summed E-state index contributed by atoms with van der Waals surface area (Å²) < 4.78 is 21.0. The summed E-state index contributed by atoms with van der Waals surface area (Å²) in [5.41, 5.74) is 11.4. The Morgan fingerprint density at radius 1 is 0.854 bits per heavy atom. The first-order chi connectivity index (χ1) is 18.6. The van der Waals surface area contributed by atoms with E-state index in [1.54, 1.807) is 0 Å². The van der Waals surface area contributed by atoms with E-state index in [1.807, 2.05) is 0 Å². The second kappa shape index (κ2) is 10.9. The maximum atomic E-state index is 7.19. The highest BCUT2D eigenvalue weighted by atomic mass is 28.4. The Balaban J connectivity index is 1.65. The maximum absolute atomic E-state index is 7.19. The molecule has 1 aliphatic carbocycles. The van der Waals surface area contributed by atoms with E-state index >= 15 is 0 Å². The maximum Gasteiger partial charge on any atom is 0.192 e. The number of fused-ring (bicyclic) bond motifs is 2. The Hall–Kier alpha value is -0.926. The minimum atomic E-state index is -1.91. The highest BCUT2D eigenvalue weighted by Gasteiger charge is 2.57. The predicted octanol–water partition coefficient (Wildman–Crippen LogP) is 10.1. The molecule has 1 aromatic carbocycles. The van der Waals surface area contributed by atoms with Gasteiger partial charge in [-0.3, -0.25) is 0 Å². The number of rotatable bonds is 8. The van der Waals surface area contributed by atoms with Crippen molar-refractivity contribution in [2.75, 3.05) is 18.9 Å². The van der Waals surface area contributed by atoms with Gasteiger partial charge in [-0.2, -0.15) is 0 Å². The molecule has 6 heteroatoms. The van der Waals surface area contributed by atoms with Crippen LogP contribution in [0.2, 0.25) is 36.3 Å². The monoisotopic (exact) mass is 599 g/mol. The first kappa shape index (κ1) is 33.0. The molecule has 4 rings (SSSR count). The minimum absolute atomic E-state index is 0.174. The minimum Gasteiger partial charge on any atom is -0.414 e. The molecule has 2 N–H and O–H groups in total. The fraction of sp³-hybridized carbons (Fsp3) is 0.771. The largest absolute Gasteiger partial charge is 0.414 e. The van der Waals surface area contributed by atoms with E-state index in [4.69, 9.17) is 19.3 Å². The molecule has 3 aliphatic rings. The lowest BCUT2D eigenvalue weighted by molar-refractivity contribution is -0.173. The summed E-state index contributed by atoms with van der Waals surface area (Å²) in [5, 5.41) is 0.347. The molecule has 0 amide bonds. The van der Waals surface area contributed by atoms with Crippen molar-refractivity contribution >= 4 is 27.9 Å². The molecule has 0 radical (unpaired) electrons. The Labute approximate surface area is 254 Å². The molecule has 2 atom stereocenters. The summed E-state index contributed by atoms with van der Waals surface area (Å²) in [7, 11) is -3.82. The van der Waals surface area contributed by atoms with Gasteiger partial charge in [0.05, 0.1) is 24.4 Å². The molecular weight excluding hydrogens is 539 g/mol. The van der Waals surface area contributed by atoms with Crippen LogP contribution in [0.4, 0.5) is 5.69 Å². The third-order valence-electron chi connectivity index (χ3n) is 11.6. The molecule has 2 heterocycles. The zero-order valence-corrected chi connectivity index (χ0v) is 30.6. The van der Waals surface area contributed by atoms with E-state index in [2.05, 4.69) is 106 Å². The van der Waals surface area contributed by atoms with Crippen LogP contribution in [0, 0.1) is 5.41 Å². The van der Waals surface area contributed by atoms with Crippen molar-refractivity contribution in [3.63, 3.8) is 0 Å². The predicted molar refractivity (Wildman–Crippen MR) is 181 cm³/mol. The van der Waals surface area contributed by atoms with Crippen molar-refractivity contribution in [1.29, 1.82) is 0 Å². The third-order valence-corrected chi connectivity index (χ3v) is 20.5. The van der Waals surface area contributed by atoms with Crippen molar-refractivity contribution in [3.05, 3.63) is 35.4 Å². The fourth-order valence-corrected chi connectivity index (χ4v) is 8.43. The topological polar surface area (TPSA) is 53.7 Å². The van der Waals surface area contributed by atoms with Crippen LogP contribution in [0.15, 0.2) is 24.3 Å². The second-order valence-electron chi connectivity index (χ2n) is 17.6. The van der Waals surface area contributed by atoms with Crippen LogP contribution in [0.25, 0.3) is 5.57 Å². The summed E-state index contributed by atoms with van der Waals surface area (Å²) in [5.74, 6) is 0.400. The van der Waals surface area contributed by atoms with Gasteiger partial charge in [0.15, 0.2) is 16.6 Å². The van der Waals surface area contributed by atoms with Gasteiger partial charge in [-0.15, -0.1) is 0 Å². The summed E-state index contributed by atoms with van der Waals surface area (Å²) in [6, 6.07) is 6.85. The number of benzene rings is 1. The van der Waals surface area contributed by atoms with Crippen molar-refractivity contribution < 1.29 is 13.6 Å². The number of nitrogens with two attached hydrogens (primary N) is 1. The lowest BCUT2D eigenvalue weighted by Gasteiger charge is -2.47. The quantitative estimate of drug-likeness (QED) is 0.239. The van der Waals surface area contributed by atoms with Crippen molar-refractivity contribution in [2.24, 2.45) is 5.41 Å². The van der Waals surface area contributed by atoms with Gasteiger partial charge >= 0.3 is 0 Å². The highest BCUT2D eigenvalue weighted by Crippen LogP contribution is 2.55. The zero-order chi connectivity index (χ0) is 30.7. The smallest absolute Gasteiger partial charge is 0.192 e. The lowest BCUT2D eigenvalue weighted by atomic mass is 9.75. The average molecular weight is 600 g/mol. The molecule has 2 aliphatic heterocycles. The van der Waals surface area contributed by atoms with Crippen LogP contribution >= 0.6 is 0 Å². The molecular formula is C35H61NO3Si2. The fourth-order valence-electron chi connectivity index (χ4n) is 6.32. The average Bonchev–Trinajstić information content (AvgIpc) is 3.11. The van der Waals surface area contributed by atoms with E-state index in [0.29, 0.717) is 24.5 Å². The number of ether oxygens (including phenoxy) is 1. The molecule has 41 heavy (non-hydrogen) atoms. The molecule has 2 unspecified atom stereocenters. The molecule has 2 bridgehead atoms. The van der Waals surface area contributed by atoms with Gasteiger partial charge in [-0.1, -0.05) is 67.5 Å². The van der Waals surface area contributed by atoms with Crippen LogP contribution in [-0.2, 0) is 13.6 Å². The molecule has 2 saturated heterocycles. The SMILES string of the molecule is CC1(C)CC=C(c2cc(C3CC4(CO[Si](C)(C)C(C)(C)C)CCC(CO[Si](C)(C)C(C)(C)C)(C3)O4)ccc2N)CC1. The van der Waals surface area contributed by atoms with Crippen LogP contribution < -0.4 is 5.73 Å². The third kappa shape index (κ3) is 7.08. The molecule has 1 aromatic rings. The standard InChI is InChI=1S/C35H61NO3Si2/c1-31(2,3)40(9,10)37-24-34-19-20-35(39-34,25-38-41(11,12)32(4,5)6)23-28(22-34)27-13-14-30(36)29(21-27)26-15-17-33(7,8)18-16-26/h13-15,21,28H,16-20,22-25,36H2,1-12H3. The molecule has 2 fully saturated rings. The number of hydrogen-bond donors (Lipinski definition) is 1. The number of nitrogen functional groups attached to an aromatic ring is 1. The highest BCUT2D eigenvalue weighted by molar-refractivity contribution is 6.74. The van der Waals surface area contributed by atoms with Gasteiger partial charge in [-0.25, -0.2) is 0 Å². The van der Waals surface area contributed by atoms with Gasteiger partial charge < -0.3 is 19.3 Å². The summed E-state index contributed by atoms with van der Waals surface area (Å²) in [6.45, 7) is 29.5. The van der Waals surface area contributed by atoms with E-state index < -0.39 is 16.6 Å². The zero-order valence-electron chi connectivity index (χ0n) is 28.6. The van der Waals surface area contributed by atoms with Crippen molar-refractivity contribution in [1.82, 2.24) is 0 Å². The van der Waals surface area contributed by atoms with Crippen LogP contribution in [0.3, 0.4) is 0 Å². The van der Waals surface area contributed by atoms with Gasteiger partial charge in [-0.05, 0) is 116 Å². The van der Waals surface area contributed by atoms with Gasteiger partial charge in [0.1, 0.15) is 0 Å². The second-order valence-corrected chi connectivity index (χ2v) is 27.2. The summed E-state index contributed by atoms with van der Waals surface area (Å²) >= 11 is 0.